The molecule has 6 heteroatoms. The van der Waals surface area contributed by atoms with Crippen LogP contribution < -0.4 is 3.26 Å². The van der Waals surface area contributed by atoms with Crippen molar-refractivity contribution in [2.24, 2.45) is 0 Å². The fourth-order valence-corrected chi connectivity index (χ4v) is 27.8. The number of allylic oxidation sites excluding steroid dienone is 1. The molecule has 2 rings (SSSR count). The molecule has 120 valence electrons. The summed E-state index contributed by atoms with van der Waals surface area (Å²) >= 11 is 0.812. The Balaban J connectivity index is 0.00000200. The Morgan fingerprint density at radius 2 is 1.67 bits per heavy atom. The van der Waals surface area contributed by atoms with E-state index in [0.717, 1.165) is 0 Å². The van der Waals surface area contributed by atoms with E-state index >= 15 is 0 Å². The Morgan fingerprint density at radius 3 is 2.19 bits per heavy atom. The van der Waals surface area contributed by atoms with Crippen molar-refractivity contribution in [3.05, 3.63) is 39.9 Å². The molecular weight excluding hydrogens is 553 g/mol. The number of hydrogen-bond donors (Lipinski definition) is 1. The van der Waals surface area contributed by atoms with E-state index in [4.69, 9.17) is 0 Å². The van der Waals surface area contributed by atoms with E-state index in [-0.39, 0.29) is 39.5 Å². The first-order valence-corrected chi connectivity index (χ1v) is 21.1. The number of rotatable bonds is 2. The van der Waals surface area contributed by atoms with Gasteiger partial charge >= 0.3 is 129 Å². The standard InChI is InChI=1S/C9H6Br.C4H10N.2CH3.2BrH.H2Si.Zr/c10-9-5-7-3-1-2-4-8(7)6-9;1-4(2,3)5;;;;;;/h1-6H;5H,1-3H3;2*1H3;2*1H;1H2;/q;-1;;;;;;+1. The van der Waals surface area contributed by atoms with Crippen molar-refractivity contribution < 1.29 is 17.7 Å². The van der Waals surface area contributed by atoms with E-state index < -0.39 is 17.7 Å². The van der Waals surface area contributed by atoms with Gasteiger partial charge in [-0.3, -0.25) is 0 Å². The van der Waals surface area contributed by atoms with Gasteiger partial charge in [-0.2, -0.15) is 0 Å². The predicted molar refractivity (Wildman–Crippen MR) is 110 cm³/mol. The third-order valence-corrected chi connectivity index (χ3v) is 18.7. The Morgan fingerprint density at radius 1 is 1.14 bits per heavy atom. The quantitative estimate of drug-likeness (QED) is 0.471. The van der Waals surface area contributed by atoms with Crippen molar-refractivity contribution in [3.8, 4) is 0 Å². The molecule has 0 aliphatic heterocycles. The number of halogens is 3. The first kappa shape index (κ1) is 22.5. The van der Waals surface area contributed by atoms with Crippen LogP contribution in [0, 0.1) is 0 Å². The molecule has 0 fully saturated rings. The SMILES string of the molecule is Br.Br.CC(C)(C)[NH][Zr]([CH3])([CH3])(=[SiH2])[CH]1C(Br)=Cc2ccccc21. The van der Waals surface area contributed by atoms with Gasteiger partial charge in [0.05, 0.1) is 0 Å². The zero-order valence-electron chi connectivity index (χ0n) is 13.4. The van der Waals surface area contributed by atoms with Crippen molar-refractivity contribution >= 4 is 62.8 Å². The van der Waals surface area contributed by atoms with Gasteiger partial charge in [0.1, 0.15) is 0 Å². The van der Waals surface area contributed by atoms with Crippen LogP contribution in [0.2, 0.25) is 9.26 Å². The number of hydrogen-bond acceptors (Lipinski definition) is 1. The van der Waals surface area contributed by atoms with Crippen molar-refractivity contribution in [1.29, 1.82) is 0 Å². The maximum atomic E-state index is 4.04. The van der Waals surface area contributed by atoms with Crippen LogP contribution in [-0.2, 0) is 17.7 Å². The number of nitrogens with one attached hydrogen (secondary N) is 1. The summed E-state index contributed by atoms with van der Waals surface area (Å²) in [5, 5.41) is 0. The van der Waals surface area contributed by atoms with Crippen LogP contribution in [-0.4, -0.2) is 12.4 Å². The first-order chi connectivity index (χ1) is 8.48. The third kappa shape index (κ3) is 5.22. The van der Waals surface area contributed by atoms with Gasteiger partial charge in [0.25, 0.3) is 0 Å². The molecule has 1 unspecified atom stereocenters. The molecule has 1 aromatic carbocycles. The Kier molecular flexibility index (Phi) is 7.64. The average Bonchev–Trinajstić information content (AvgIpc) is 2.48. The zero-order chi connectivity index (χ0) is 14.5. The van der Waals surface area contributed by atoms with Gasteiger partial charge in [0.2, 0.25) is 0 Å². The monoisotopic (exact) mass is 575 g/mol. The number of benzene rings is 1. The van der Waals surface area contributed by atoms with E-state index in [0.29, 0.717) is 3.63 Å². The summed E-state index contributed by atoms with van der Waals surface area (Å²) in [5.74, 6) is 0. The molecular formula is C15H26Br3NSiZr. The van der Waals surface area contributed by atoms with Gasteiger partial charge in [-0.05, 0) is 0 Å². The topological polar surface area (TPSA) is 12.0 Å². The summed E-state index contributed by atoms with van der Waals surface area (Å²) in [6.07, 6.45) is 2.30. The molecule has 1 nitrogen and oxygen atoms in total. The van der Waals surface area contributed by atoms with E-state index in [2.05, 4.69) is 86.4 Å². The second kappa shape index (κ2) is 7.14. The molecule has 0 radical (unpaired) electrons. The van der Waals surface area contributed by atoms with E-state index in [1.165, 1.54) is 15.6 Å². The van der Waals surface area contributed by atoms with E-state index in [1.54, 1.807) is 0 Å². The van der Waals surface area contributed by atoms with Crippen LogP contribution in [0.15, 0.2) is 28.7 Å². The minimum absolute atomic E-state index is 0. The average molecular weight is 579 g/mol. The Bertz CT molecular complexity index is 614. The number of fused-ring (bicyclic) bond motifs is 1. The molecule has 0 saturated carbocycles. The van der Waals surface area contributed by atoms with Crippen molar-refractivity contribution in [2.45, 2.75) is 39.2 Å². The molecule has 0 amide bonds. The summed E-state index contributed by atoms with van der Waals surface area (Å²) in [5.41, 5.74) is 3.05. The van der Waals surface area contributed by atoms with Gasteiger partial charge < -0.3 is 0 Å². The summed E-state index contributed by atoms with van der Waals surface area (Å²) in [7, 11) is 0. The third-order valence-electron chi connectivity index (χ3n) is 3.59. The Labute approximate surface area is 161 Å². The van der Waals surface area contributed by atoms with Crippen LogP contribution in [0.25, 0.3) is 6.08 Å². The predicted octanol–water partition coefficient (Wildman–Crippen LogP) is 5.27. The zero-order valence-corrected chi connectivity index (χ0v) is 22.3. The molecule has 1 N–H and O–H groups in total. The molecule has 0 spiro atoms. The van der Waals surface area contributed by atoms with Gasteiger partial charge in [-0.25, -0.2) is 0 Å². The fourth-order valence-electron chi connectivity index (χ4n) is 3.53. The molecule has 1 aliphatic rings. The molecule has 1 aromatic rings. The Hall–Kier alpha value is 1.46. The summed E-state index contributed by atoms with van der Waals surface area (Å²) in [6, 6.07) is 8.81. The van der Waals surface area contributed by atoms with Gasteiger partial charge in [-0.15, -0.1) is 34.0 Å². The van der Waals surface area contributed by atoms with Crippen LogP contribution in [0.5, 0.6) is 0 Å². The van der Waals surface area contributed by atoms with Gasteiger partial charge in [-0.1, -0.05) is 0 Å². The summed E-state index contributed by atoms with van der Waals surface area (Å²) < 4.78 is 11.0. The molecule has 0 bridgehead atoms. The second-order valence-corrected chi connectivity index (χ2v) is 37.4. The van der Waals surface area contributed by atoms with Crippen LogP contribution in [0.4, 0.5) is 0 Å². The second-order valence-electron chi connectivity index (χ2n) is 7.78. The maximum absolute atomic E-state index is 4.04. The van der Waals surface area contributed by atoms with Crippen molar-refractivity contribution in [1.82, 2.24) is 3.26 Å². The van der Waals surface area contributed by atoms with Crippen LogP contribution in [0.3, 0.4) is 0 Å². The van der Waals surface area contributed by atoms with E-state index in [9.17, 15) is 0 Å². The normalized spacial score (nSPS) is 18.2. The molecule has 21 heavy (non-hydrogen) atoms. The summed E-state index contributed by atoms with van der Waals surface area (Å²) in [4.78, 5) is 0. The van der Waals surface area contributed by atoms with Gasteiger partial charge in [0.15, 0.2) is 0 Å². The van der Waals surface area contributed by atoms with E-state index in [1.807, 2.05) is 0 Å². The molecule has 0 heterocycles. The summed E-state index contributed by atoms with van der Waals surface area (Å²) in [6.45, 7) is 9.09. The fraction of sp³-hybridized carbons (Fsp3) is 0.467. The van der Waals surface area contributed by atoms with Crippen molar-refractivity contribution in [3.63, 3.8) is 0 Å². The molecule has 1 aliphatic carbocycles. The van der Waals surface area contributed by atoms with Crippen LogP contribution in [0.1, 0.15) is 35.5 Å². The van der Waals surface area contributed by atoms with Crippen molar-refractivity contribution in [2.75, 3.05) is 0 Å². The molecule has 0 saturated heterocycles. The van der Waals surface area contributed by atoms with Crippen LogP contribution >= 0.6 is 49.9 Å². The minimum atomic E-state index is -3.03. The first-order valence-electron chi connectivity index (χ1n) is 6.81. The molecule has 0 aromatic heterocycles. The molecule has 1 atom stereocenters. The van der Waals surface area contributed by atoms with Gasteiger partial charge in [0, 0.05) is 0 Å².